The molecule has 14 heavy (non-hydrogen) atoms. The van der Waals surface area contributed by atoms with Crippen LogP contribution in [-0.4, -0.2) is 6.21 Å². The van der Waals surface area contributed by atoms with Crippen LogP contribution in [0.4, 0.5) is 0 Å². The lowest BCUT2D eigenvalue weighted by atomic mass is 10.2. The Bertz CT molecular complexity index is 299. The molecule has 0 aliphatic carbocycles. The van der Waals surface area contributed by atoms with Crippen LogP contribution in [0.15, 0.2) is 29.4 Å². The number of hydrogen-bond donors (Lipinski definition) is 0. The maximum atomic E-state index is 5.81. The number of nitrogens with zero attached hydrogens (tertiary/aromatic N) is 1. The predicted molar refractivity (Wildman–Crippen MR) is 58.6 cm³/mol. The SMILES string of the molecule is CCC/[C]=N/OCc1cccc(Cl)c1. The first-order chi connectivity index (χ1) is 6.83. The Kier molecular flexibility index (Phi) is 5.08. The van der Waals surface area contributed by atoms with Crippen molar-refractivity contribution >= 4 is 17.8 Å². The van der Waals surface area contributed by atoms with Crippen molar-refractivity contribution < 1.29 is 4.84 Å². The van der Waals surface area contributed by atoms with Gasteiger partial charge in [-0.2, -0.15) is 0 Å². The molecule has 1 rings (SSSR count). The van der Waals surface area contributed by atoms with Crippen molar-refractivity contribution in [3.8, 4) is 0 Å². The van der Waals surface area contributed by atoms with Crippen LogP contribution >= 0.6 is 11.6 Å². The Morgan fingerprint density at radius 1 is 1.50 bits per heavy atom. The van der Waals surface area contributed by atoms with Crippen molar-refractivity contribution in [3.05, 3.63) is 34.9 Å². The molecule has 75 valence electrons. The molecular formula is C11H13ClNO. The van der Waals surface area contributed by atoms with E-state index in [0.29, 0.717) is 11.6 Å². The first-order valence-corrected chi connectivity index (χ1v) is 5.00. The third-order valence-electron chi connectivity index (χ3n) is 1.61. The molecule has 0 aliphatic rings. The van der Waals surface area contributed by atoms with Gasteiger partial charge in [-0.05, 0) is 24.1 Å². The molecule has 3 heteroatoms. The van der Waals surface area contributed by atoms with Crippen molar-refractivity contribution in [2.75, 3.05) is 0 Å². The lowest BCUT2D eigenvalue weighted by molar-refractivity contribution is 0.131. The number of unbranched alkanes of at least 4 members (excludes halogenated alkanes) is 1. The highest BCUT2D eigenvalue weighted by atomic mass is 35.5. The molecule has 0 heterocycles. The topological polar surface area (TPSA) is 21.6 Å². The third kappa shape index (κ3) is 4.28. The molecule has 1 radical (unpaired) electrons. The van der Waals surface area contributed by atoms with Crippen LogP contribution in [0.25, 0.3) is 0 Å². The summed E-state index contributed by atoms with van der Waals surface area (Å²) in [5.74, 6) is 0. The predicted octanol–water partition coefficient (Wildman–Crippen LogP) is 3.52. The summed E-state index contributed by atoms with van der Waals surface area (Å²) in [6.45, 7) is 2.51. The van der Waals surface area contributed by atoms with Gasteiger partial charge in [0.15, 0.2) is 0 Å². The van der Waals surface area contributed by atoms with Gasteiger partial charge in [0.05, 0.1) is 0 Å². The van der Waals surface area contributed by atoms with E-state index in [1.807, 2.05) is 24.3 Å². The summed E-state index contributed by atoms with van der Waals surface area (Å²) in [6.07, 6.45) is 4.65. The number of benzene rings is 1. The summed E-state index contributed by atoms with van der Waals surface area (Å²) < 4.78 is 0. The van der Waals surface area contributed by atoms with Crippen LogP contribution in [0.3, 0.4) is 0 Å². The van der Waals surface area contributed by atoms with Crippen LogP contribution in [0.2, 0.25) is 5.02 Å². The van der Waals surface area contributed by atoms with Gasteiger partial charge in [0.25, 0.3) is 0 Å². The van der Waals surface area contributed by atoms with E-state index in [1.165, 1.54) is 0 Å². The highest BCUT2D eigenvalue weighted by molar-refractivity contribution is 6.30. The van der Waals surface area contributed by atoms with Crippen LogP contribution in [0, 0.1) is 0 Å². The van der Waals surface area contributed by atoms with E-state index in [2.05, 4.69) is 18.3 Å². The fourth-order valence-corrected chi connectivity index (χ4v) is 1.15. The second kappa shape index (κ2) is 6.44. The van der Waals surface area contributed by atoms with Gasteiger partial charge in [-0.15, -0.1) is 0 Å². The zero-order valence-corrected chi connectivity index (χ0v) is 8.92. The number of rotatable bonds is 5. The summed E-state index contributed by atoms with van der Waals surface area (Å²) in [4.78, 5) is 5.03. The van der Waals surface area contributed by atoms with E-state index in [1.54, 1.807) is 0 Å². The summed E-state index contributed by atoms with van der Waals surface area (Å²) in [6, 6.07) is 7.52. The fraction of sp³-hybridized carbons (Fsp3) is 0.364. The van der Waals surface area contributed by atoms with Crippen molar-refractivity contribution in [1.29, 1.82) is 0 Å². The Hall–Kier alpha value is -1.02. The molecular weight excluding hydrogens is 198 g/mol. The third-order valence-corrected chi connectivity index (χ3v) is 1.85. The van der Waals surface area contributed by atoms with Gasteiger partial charge in [-0.25, -0.2) is 0 Å². The largest absolute Gasteiger partial charge is 0.391 e. The van der Waals surface area contributed by atoms with E-state index < -0.39 is 0 Å². The molecule has 0 aromatic heterocycles. The van der Waals surface area contributed by atoms with E-state index in [-0.39, 0.29) is 0 Å². The standard InChI is InChI=1S/C11H13ClNO/c1-2-3-7-13-14-9-10-5-4-6-11(12)8-10/h4-6,8H,2-3,9H2,1H3. The molecule has 0 N–H and O–H groups in total. The monoisotopic (exact) mass is 210 g/mol. The lowest BCUT2D eigenvalue weighted by Crippen LogP contribution is -1.86. The second-order valence-corrected chi connectivity index (χ2v) is 3.34. The molecule has 0 atom stereocenters. The molecule has 0 amide bonds. The summed E-state index contributed by atoms with van der Waals surface area (Å²) in [7, 11) is 0. The minimum Gasteiger partial charge on any atom is -0.391 e. The van der Waals surface area contributed by atoms with Gasteiger partial charge >= 0.3 is 0 Å². The van der Waals surface area contributed by atoms with E-state index in [9.17, 15) is 0 Å². The first kappa shape index (κ1) is 11.1. The van der Waals surface area contributed by atoms with Crippen LogP contribution in [-0.2, 0) is 11.4 Å². The molecule has 0 spiro atoms. The maximum Gasteiger partial charge on any atom is 0.142 e. The van der Waals surface area contributed by atoms with Crippen molar-refractivity contribution in [2.45, 2.75) is 26.4 Å². The maximum absolute atomic E-state index is 5.81. The van der Waals surface area contributed by atoms with Crippen molar-refractivity contribution in [1.82, 2.24) is 0 Å². The Balaban J connectivity index is 2.31. The van der Waals surface area contributed by atoms with Gasteiger partial charge in [0.1, 0.15) is 12.8 Å². The quantitative estimate of drug-likeness (QED) is 0.538. The average molecular weight is 211 g/mol. The Morgan fingerprint density at radius 2 is 2.36 bits per heavy atom. The lowest BCUT2D eigenvalue weighted by Gasteiger charge is -1.99. The molecule has 1 aromatic carbocycles. The molecule has 0 bridgehead atoms. The molecule has 0 aliphatic heterocycles. The summed E-state index contributed by atoms with van der Waals surface area (Å²) >= 11 is 5.81. The minimum absolute atomic E-state index is 0.442. The molecule has 0 saturated heterocycles. The second-order valence-electron chi connectivity index (χ2n) is 2.90. The highest BCUT2D eigenvalue weighted by Crippen LogP contribution is 2.11. The fourth-order valence-electron chi connectivity index (χ4n) is 0.937. The average Bonchev–Trinajstić information content (AvgIpc) is 2.18. The molecule has 0 fully saturated rings. The molecule has 0 unspecified atom stereocenters. The smallest absolute Gasteiger partial charge is 0.142 e. The van der Waals surface area contributed by atoms with Gasteiger partial charge in [-0.1, -0.05) is 42.2 Å². The zero-order valence-electron chi connectivity index (χ0n) is 8.16. The zero-order chi connectivity index (χ0) is 10.2. The summed E-state index contributed by atoms with van der Waals surface area (Å²) in [5, 5.41) is 4.41. The minimum atomic E-state index is 0.442. The molecule has 2 nitrogen and oxygen atoms in total. The first-order valence-electron chi connectivity index (χ1n) is 4.62. The Morgan fingerprint density at radius 3 is 3.07 bits per heavy atom. The van der Waals surface area contributed by atoms with Crippen molar-refractivity contribution in [3.63, 3.8) is 0 Å². The van der Waals surface area contributed by atoms with Crippen molar-refractivity contribution in [2.24, 2.45) is 5.16 Å². The molecule has 1 aromatic rings. The summed E-state index contributed by atoms with van der Waals surface area (Å²) in [5.41, 5.74) is 1.01. The van der Waals surface area contributed by atoms with Gasteiger partial charge in [0.2, 0.25) is 0 Å². The Labute approximate surface area is 89.5 Å². The number of halogens is 1. The van der Waals surface area contributed by atoms with Gasteiger partial charge < -0.3 is 4.84 Å². The van der Waals surface area contributed by atoms with E-state index >= 15 is 0 Å². The van der Waals surface area contributed by atoms with E-state index in [4.69, 9.17) is 16.4 Å². The van der Waals surface area contributed by atoms with Gasteiger partial charge in [-0.3, -0.25) is 0 Å². The van der Waals surface area contributed by atoms with E-state index in [0.717, 1.165) is 18.4 Å². The van der Waals surface area contributed by atoms with Gasteiger partial charge in [0, 0.05) is 5.02 Å². The number of hydrogen-bond acceptors (Lipinski definition) is 2. The van der Waals surface area contributed by atoms with Crippen LogP contribution in [0.5, 0.6) is 0 Å². The van der Waals surface area contributed by atoms with Crippen LogP contribution < -0.4 is 0 Å². The normalized spacial score (nSPS) is 10.7. The highest BCUT2D eigenvalue weighted by Gasteiger charge is 1.93. The van der Waals surface area contributed by atoms with Crippen LogP contribution in [0.1, 0.15) is 25.3 Å². The molecule has 0 saturated carbocycles.